The van der Waals surface area contributed by atoms with Crippen molar-refractivity contribution in [3.63, 3.8) is 0 Å². The molecule has 0 spiro atoms. The van der Waals surface area contributed by atoms with Crippen LogP contribution in [0.1, 0.15) is 6.92 Å². The number of hydrogen-bond donors (Lipinski definition) is 0. The first kappa shape index (κ1) is 8.17. The van der Waals surface area contributed by atoms with Gasteiger partial charge in [-0.1, -0.05) is 15.9 Å². The van der Waals surface area contributed by atoms with Gasteiger partial charge in [-0.3, -0.25) is 0 Å². The van der Waals surface area contributed by atoms with Crippen LogP contribution in [-0.2, 0) is 9.84 Å². The Balaban J connectivity index is 4.55. The van der Waals surface area contributed by atoms with Gasteiger partial charge >= 0.3 is 0 Å². The molecule has 0 amide bonds. The second kappa shape index (κ2) is 2.64. The summed E-state index contributed by atoms with van der Waals surface area (Å²) < 4.78 is 20.9. The van der Waals surface area contributed by atoms with Crippen molar-refractivity contribution >= 4 is 25.8 Å². The third-order valence-corrected chi connectivity index (χ3v) is 3.02. The van der Waals surface area contributed by atoms with Crippen LogP contribution in [-0.4, -0.2) is 14.7 Å². The molecule has 2 nitrogen and oxygen atoms in total. The van der Waals surface area contributed by atoms with E-state index in [1.54, 1.807) is 0 Å². The summed E-state index contributed by atoms with van der Waals surface area (Å²) in [6.07, 6.45) is 1.17. The first-order valence-corrected chi connectivity index (χ1v) is 4.76. The fourth-order valence-electron chi connectivity index (χ4n) is 0.0809. The first-order valence-electron chi connectivity index (χ1n) is 1.95. The molecule has 8 heavy (non-hydrogen) atoms. The van der Waals surface area contributed by atoms with Gasteiger partial charge in [-0.2, -0.15) is 0 Å². The summed E-state index contributed by atoms with van der Waals surface area (Å²) in [7, 11) is -2.94. The van der Waals surface area contributed by atoms with Crippen LogP contribution < -0.4 is 0 Å². The minimum Gasteiger partial charge on any atom is -0.224 e. The molecule has 0 aliphatic carbocycles. The van der Waals surface area contributed by atoms with Gasteiger partial charge < -0.3 is 0 Å². The Morgan fingerprint density at radius 3 is 2.00 bits per heavy atom. The maximum Gasteiger partial charge on any atom is 0.171 e. The molecule has 48 valence electrons. The molecule has 0 aromatic carbocycles. The highest BCUT2D eigenvalue weighted by molar-refractivity contribution is 9.11. The van der Waals surface area contributed by atoms with Crippen molar-refractivity contribution in [3.8, 4) is 0 Å². The molecule has 0 fully saturated rings. The van der Waals surface area contributed by atoms with Gasteiger partial charge in [-0.05, 0) is 11.9 Å². The van der Waals surface area contributed by atoms with E-state index in [1.165, 1.54) is 18.2 Å². The molecule has 0 unspecified atom stereocenters. The van der Waals surface area contributed by atoms with Crippen LogP contribution in [0.5, 0.6) is 0 Å². The number of halogens is 1. The van der Waals surface area contributed by atoms with Crippen molar-refractivity contribution in [1.82, 2.24) is 0 Å². The second-order valence-electron chi connectivity index (χ2n) is 1.49. The Morgan fingerprint density at radius 1 is 1.62 bits per heavy atom. The fraction of sp³-hybridized carbons (Fsp3) is 0.500. The van der Waals surface area contributed by atoms with Crippen LogP contribution in [0, 0.1) is 0 Å². The molecular formula is C4H7BrO2S. The lowest BCUT2D eigenvalue weighted by molar-refractivity contribution is 0.607. The van der Waals surface area contributed by atoms with Crippen molar-refractivity contribution in [2.45, 2.75) is 6.92 Å². The zero-order valence-corrected chi connectivity index (χ0v) is 7.08. The highest BCUT2D eigenvalue weighted by Gasteiger charge is 2.01. The van der Waals surface area contributed by atoms with Gasteiger partial charge in [0.05, 0.1) is 0 Å². The maximum absolute atomic E-state index is 10.5. The number of hydrogen-bond acceptors (Lipinski definition) is 2. The second-order valence-corrected chi connectivity index (χ2v) is 4.14. The van der Waals surface area contributed by atoms with Crippen molar-refractivity contribution in [2.24, 2.45) is 0 Å². The minimum absolute atomic E-state index is 0.345. The summed E-state index contributed by atoms with van der Waals surface area (Å²) in [6.45, 7) is 1.53. The van der Waals surface area contributed by atoms with Crippen LogP contribution in [0.25, 0.3) is 0 Å². The summed E-state index contributed by atoms with van der Waals surface area (Å²) in [5.41, 5.74) is 0. The molecular weight excluding hydrogens is 192 g/mol. The Labute approximate surface area is 57.6 Å². The van der Waals surface area contributed by atoms with E-state index in [9.17, 15) is 8.42 Å². The van der Waals surface area contributed by atoms with E-state index >= 15 is 0 Å². The molecule has 0 atom stereocenters. The third kappa shape index (κ3) is 2.47. The maximum atomic E-state index is 10.5. The zero-order chi connectivity index (χ0) is 6.78. The third-order valence-electron chi connectivity index (χ3n) is 0.739. The predicted molar refractivity (Wildman–Crippen MR) is 37.5 cm³/mol. The Morgan fingerprint density at radius 2 is 2.00 bits per heavy atom. The average molecular weight is 199 g/mol. The summed E-state index contributed by atoms with van der Waals surface area (Å²) >= 11 is 2.91. The van der Waals surface area contributed by atoms with Gasteiger partial charge in [0, 0.05) is 11.2 Å². The molecule has 0 aromatic rings. The van der Waals surface area contributed by atoms with E-state index in [0.717, 1.165) is 0 Å². The van der Waals surface area contributed by atoms with Gasteiger partial charge in [0.2, 0.25) is 0 Å². The van der Waals surface area contributed by atoms with Crippen molar-refractivity contribution in [3.05, 3.63) is 9.89 Å². The van der Waals surface area contributed by atoms with Gasteiger partial charge in [-0.25, -0.2) is 8.42 Å². The van der Waals surface area contributed by atoms with Crippen LogP contribution in [0.2, 0.25) is 0 Å². The standard InChI is InChI=1S/C4H7BrO2S/c1-4(3-5)8(2,6)7/h3H,1-2H3/b4-3-. The lowest BCUT2D eigenvalue weighted by Gasteiger charge is -1.90. The summed E-state index contributed by atoms with van der Waals surface area (Å²) in [4.78, 5) is 1.74. The Kier molecular flexibility index (Phi) is 2.70. The van der Waals surface area contributed by atoms with Crippen molar-refractivity contribution < 1.29 is 8.42 Å². The summed E-state index contributed by atoms with van der Waals surface area (Å²) in [5.74, 6) is 0. The van der Waals surface area contributed by atoms with E-state index < -0.39 is 9.84 Å². The fourth-order valence-corrected chi connectivity index (χ4v) is 1.26. The van der Waals surface area contributed by atoms with Crippen molar-refractivity contribution in [2.75, 3.05) is 6.26 Å². The highest BCUT2D eigenvalue weighted by Crippen LogP contribution is 2.03. The van der Waals surface area contributed by atoms with E-state index in [1.807, 2.05) is 0 Å². The van der Waals surface area contributed by atoms with E-state index in [-0.39, 0.29) is 0 Å². The molecule has 0 radical (unpaired) electrons. The first-order chi connectivity index (χ1) is 3.48. The smallest absolute Gasteiger partial charge is 0.171 e. The van der Waals surface area contributed by atoms with E-state index in [4.69, 9.17) is 0 Å². The van der Waals surface area contributed by atoms with Crippen LogP contribution in [0.15, 0.2) is 9.89 Å². The topological polar surface area (TPSA) is 34.1 Å². The number of allylic oxidation sites excluding steroid dienone is 1. The monoisotopic (exact) mass is 198 g/mol. The quantitative estimate of drug-likeness (QED) is 0.637. The minimum atomic E-state index is -2.94. The average Bonchev–Trinajstić information content (AvgIpc) is 1.62. The van der Waals surface area contributed by atoms with Gasteiger partial charge in [0.1, 0.15) is 0 Å². The molecule has 0 aromatic heterocycles. The molecule has 0 aliphatic rings. The molecule has 0 rings (SSSR count). The molecule has 0 bridgehead atoms. The Hall–Kier alpha value is 0.170. The normalized spacial score (nSPS) is 14.1. The zero-order valence-electron chi connectivity index (χ0n) is 4.68. The molecule has 4 heteroatoms. The van der Waals surface area contributed by atoms with Crippen molar-refractivity contribution in [1.29, 1.82) is 0 Å². The lowest BCUT2D eigenvalue weighted by atomic mass is 10.8. The molecule has 0 saturated carbocycles. The SMILES string of the molecule is C/C(=C/Br)S(C)(=O)=O. The summed E-state index contributed by atoms with van der Waals surface area (Å²) in [6, 6.07) is 0. The van der Waals surface area contributed by atoms with Gasteiger partial charge in [0.15, 0.2) is 9.84 Å². The van der Waals surface area contributed by atoms with Crippen LogP contribution in [0.4, 0.5) is 0 Å². The summed E-state index contributed by atoms with van der Waals surface area (Å²) in [5, 5.41) is 0. The number of rotatable bonds is 1. The lowest BCUT2D eigenvalue weighted by Crippen LogP contribution is -1.94. The molecule has 0 saturated heterocycles. The van der Waals surface area contributed by atoms with Crippen LogP contribution in [0.3, 0.4) is 0 Å². The van der Waals surface area contributed by atoms with E-state index in [0.29, 0.717) is 4.91 Å². The van der Waals surface area contributed by atoms with Crippen LogP contribution >= 0.6 is 15.9 Å². The largest absolute Gasteiger partial charge is 0.224 e. The number of sulfone groups is 1. The van der Waals surface area contributed by atoms with E-state index in [2.05, 4.69) is 15.9 Å². The Bertz CT molecular complexity index is 190. The highest BCUT2D eigenvalue weighted by atomic mass is 79.9. The van der Waals surface area contributed by atoms with Gasteiger partial charge in [0.25, 0.3) is 0 Å². The predicted octanol–water partition coefficient (Wildman–Crippen LogP) is 1.29. The molecule has 0 heterocycles. The van der Waals surface area contributed by atoms with Gasteiger partial charge in [-0.15, -0.1) is 0 Å². The molecule has 0 aliphatic heterocycles. The molecule has 0 N–H and O–H groups in total.